The van der Waals surface area contributed by atoms with Crippen molar-refractivity contribution in [2.24, 2.45) is 0 Å². The Morgan fingerprint density at radius 3 is 2.45 bits per heavy atom. The minimum absolute atomic E-state index is 0.0295. The van der Waals surface area contributed by atoms with Crippen molar-refractivity contribution >= 4 is 54.8 Å². The first-order valence-corrected chi connectivity index (χ1v) is 11.3. The molecule has 3 rings (SSSR count). The Bertz CT molecular complexity index is 1200. The fourth-order valence-electron chi connectivity index (χ4n) is 2.68. The van der Waals surface area contributed by atoms with Gasteiger partial charge in [0.1, 0.15) is 4.90 Å². The van der Waals surface area contributed by atoms with E-state index in [2.05, 4.69) is 26.0 Å². The fraction of sp³-hybridized carbons (Fsp3) is 0.0952. The second-order valence-electron chi connectivity index (χ2n) is 6.46. The number of nitrogens with one attached hydrogen (secondary N) is 2. The topological polar surface area (TPSA) is 75.3 Å². The smallest absolute Gasteiger partial charge is 0.263 e. The van der Waals surface area contributed by atoms with Gasteiger partial charge >= 0.3 is 0 Å². The maximum absolute atomic E-state index is 12.9. The molecule has 29 heavy (non-hydrogen) atoms. The van der Waals surface area contributed by atoms with Gasteiger partial charge in [-0.15, -0.1) is 0 Å². The Balaban J connectivity index is 1.91. The lowest BCUT2D eigenvalue weighted by Crippen LogP contribution is -2.17. The Morgan fingerprint density at radius 1 is 1.00 bits per heavy atom. The second-order valence-corrected chi connectivity index (χ2v) is 9.44. The molecule has 0 aliphatic carbocycles. The lowest BCUT2D eigenvalue weighted by Gasteiger charge is -2.14. The lowest BCUT2D eigenvalue weighted by atomic mass is 10.1. The highest BCUT2D eigenvalue weighted by Gasteiger charge is 2.21. The van der Waals surface area contributed by atoms with Gasteiger partial charge in [-0.1, -0.05) is 45.7 Å². The summed E-state index contributed by atoms with van der Waals surface area (Å²) in [7, 11) is -3.99. The number of hydrogen-bond donors (Lipinski definition) is 2. The molecule has 5 nitrogen and oxygen atoms in total. The molecule has 0 atom stereocenters. The summed E-state index contributed by atoms with van der Waals surface area (Å²) in [5, 5.41) is 2.77. The van der Waals surface area contributed by atoms with Gasteiger partial charge in [0.05, 0.1) is 10.7 Å². The van der Waals surface area contributed by atoms with Gasteiger partial charge in [0.25, 0.3) is 15.9 Å². The van der Waals surface area contributed by atoms with Crippen molar-refractivity contribution in [2.45, 2.75) is 18.7 Å². The number of carbonyl (C=O) groups is 1. The van der Waals surface area contributed by atoms with Crippen molar-refractivity contribution in [2.75, 3.05) is 10.0 Å². The summed E-state index contributed by atoms with van der Waals surface area (Å²) in [6, 6.07) is 16.6. The molecule has 0 fully saturated rings. The second kappa shape index (κ2) is 8.57. The number of aryl methyl sites for hydroxylation is 1. The van der Waals surface area contributed by atoms with E-state index in [4.69, 9.17) is 11.6 Å². The molecule has 0 heterocycles. The van der Waals surface area contributed by atoms with Gasteiger partial charge < -0.3 is 5.32 Å². The molecule has 8 heteroatoms. The quantitative estimate of drug-likeness (QED) is 0.473. The highest BCUT2D eigenvalue weighted by molar-refractivity contribution is 9.10. The van der Waals surface area contributed by atoms with Crippen molar-refractivity contribution < 1.29 is 13.2 Å². The largest absolute Gasteiger partial charge is 0.322 e. The fourth-order valence-corrected chi connectivity index (χ4v) is 4.73. The molecular weight excluding hydrogens is 476 g/mol. The van der Waals surface area contributed by atoms with E-state index in [0.29, 0.717) is 11.4 Å². The van der Waals surface area contributed by atoms with Crippen molar-refractivity contribution in [1.82, 2.24) is 0 Å². The zero-order valence-corrected chi connectivity index (χ0v) is 18.8. The summed E-state index contributed by atoms with van der Waals surface area (Å²) < 4.78 is 29.2. The molecule has 0 unspecified atom stereocenters. The Morgan fingerprint density at radius 2 is 1.72 bits per heavy atom. The van der Waals surface area contributed by atoms with Gasteiger partial charge in [-0.2, -0.15) is 0 Å². The highest BCUT2D eigenvalue weighted by atomic mass is 79.9. The molecule has 0 spiro atoms. The van der Waals surface area contributed by atoms with Crippen molar-refractivity contribution in [3.63, 3.8) is 0 Å². The van der Waals surface area contributed by atoms with Crippen LogP contribution in [0.1, 0.15) is 21.5 Å². The summed E-state index contributed by atoms with van der Waals surface area (Å²) in [4.78, 5) is 12.4. The molecule has 3 aromatic carbocycles. The van der Waals surface area contributed by atoms with Gasteiger partial charge in [-0.25, -0.2) is 8.42 Å². The average molecular weight is 494 g/mol. The molecule has 2 N–H and O–H groups in total. The van der Waals surface area contributed by atoms with Crippen LogP contribution in [0.4, 0.5) is 11.4 Å². The molecule has 0 aliphatic rings. The highest BCUT2D eigenvalue weighted by Crippen LogP contribution is 2.27. The lowest BCUT2D eigenvalue weighted by molar-refractivity contribution is 0.102. The Kier molecular flexibility index (Phi) is 6.31. The molecule has 0 saturated heterocycles. The maximum Gasteiger partial charge on any atom is 0.263 e. The van der Waals surface area contributed by atoms with Crippen molar-refractivity contribution in [1.29, 1.82) is 0 Å². The number of anilines is 2. The van der Waals surface area contributed by atoms with E-state index in [0.717, 1.165) is 15.6 Å². The van der Waals surface area contributed by atoms with Crippen LogP contribution in [-0.4, -0.2) is 14.3 Å². The number of carbonyl (C=O) groups excluding carboxylic acids is 1. The Labute approximate surface area is 183 Å². The number of amides is 1. The van der Waals surface area contributed by atoms with E-state index in [9.17, 15) is 13.2 Å². The van der Waals surface area contributed by atoms with Crippen LogP contribution >= 0.6 is 27.5 Å². The van der Waals surface area contributed by atoms with E-state index < -0.39 is 15.9 Å². The number of hydrogen-bond acceptors (Lipinski definition) is 3. The maximum atomic E-state index is 12.9. The normalized spacial score (nSPS) is 11.2. The SMILES string of the molecule is Cc1cccc(NS(=O)(=O)c2cc(C(=O)Nc3cccc(Br)c3)ccc2Cl)c1C. The Hall–Kier alpha value is -2.35. The molecule has 0 aromatic heterocycles. The third-order valence-corrected chi connectivity index (χ3v) is 6.75. The molecule has 0 bridgehead atoms. The van der Waals surface area contributed by atoms with E-state index in [-0.39, 0.29) is 15.5 Å². The summed E-state index contributed by atoms with van der Waals surface area (Å²) >= 11 is 9.49. The van der Waals surface area contributed by atoms with Crippen LogP contribution in [0.15, 0.2) is 70.0 Å². The van der Waals surface area contributed by atoms with Crippen molar-refractivity contribution in [3.05, 3.63) is 86.8 Å². The minimum atomic E-state index is -3.99. The number of halogens is 2. The van der Waals surface area contributed by atoms with Gasteiger partial charge in [-0.3, -0.25) is 9.52 Å². The first-order valence-electron chi connectivity index (χ1n) is 8.63. The first kappa shape index (κ1) is 21.4. The zero-order valence-electron chi connectivity index (χ0n) is 15.7. The molecular formula is C21H18BrClN2O3S. The summed E-state index contributed by atoms with van der Waals surface area (Å²) in [5.74, 6) is -0.442. The predicted octanol–water partition coefficient (Wildman–Crippen LogP) is 5.77. The summed E-state index contributed by atoms with van der Waals surface area (Å²) in [6.45, 7) is 3.73. The first-order chi connectivity index (χ1) is 13.7. The molecule has 0 radical (unpaired) electrons. The van der Waals surface area contributed by atoms with Crippen molar-refractivity contribution in [3.8, 4) is 0 Å². The molecule has 1 amide bonds. The average Bonchev–Trinajstić information content (AvgIpc) is 2.65. The van der Waals surface area contributed by atoms with E-state index in [1.807, 2.05) is 26.0 Å². The molecule has 0 aliphatic heterocycles. The molecule has 150 valence electrons. The number of benzene rings is 3. The van der Waals surface area contributed by atoms with Gasteiger partial charge in [-0.05, 0) is 67.4 Å². The van der Waals surface area contributed by atoms with Gasteiger partial charge in [0, 0.05) is 15.7 Å². The number of rotatable bonds is 5. The monoisotopic (exact) mass is 492 g/mol. The van der Waals surface area contributed by atoms with Gasteiger partial charge in [0.15, 0.2) is 0 Å². The van der Waals surface area contributed by atoms with Gasteiger partial charge in [0.2, 0.25) is 0 Å². The van der Waals surface area contributed by atoms with Crippen LogP contribution in [0.2, 0.25) is 5.02 Å². The van der Waals surface area contributed by atoms with Crippen LogP contribution in [0.3, 0.4) is 0 Å². The third kappa shape index (κ3) is 4.98. The summed E-state index contributed by atoms with van der Waals surface area (Å²) in [5.41, 5.74) is 2.99. The molecule has 3 aromatic rings. The van der Waals surface area contributed by atoms with E-state index in [1.54, 1.807) is 30.3 Å². The van der Waals surface area contributed by atoms with E-state index >= 15 is 0 Å². The van der Waals surface area contributed by atoms with Crippen LogP contribution in [0.5, 0.6) is 0 Å². The van der Waals surface area contributed by atoms with E-state index in [1.165, 1.54) is 18.2 Å². The predicted molar refractivity (Wildman–Crippen MR) is 120 cm³/mol. The summed E-state index contributed by atoms with van der Waals surface area (Å²) in [6.07, 6.45) is 0. The third-order valence-electron chi connectivity index (χ3n) is 4.41. The van der Waals surface area contributed by atoms with Crippen LogP contribution < -0.4 is 10.0 Å². The van der Waals surface area contributed by atoms with Crippen LogP contribution in [-0.2, 0) is 10.0 Å². The zero-order chi connectivity index (χ0) is 21.2. The van der Waals surface area contributed by atoms with Crippen LogP contribution in [0, 0.1) is 13.8 Å². The van der Waals surface area contributed by atoms with Crippen LogP contribution in [0.25, 0.3) is 0 Å². The number of sulfonamides is 1. The standard InChI is InChI=1S/C21H18BrClN2O3S/c1-13-5-3-8-19(14(13)2)25-29(27,28)20-11-15(9-10-18(20)23)21(26)24-17-7-4-6-16(22)12-17/h3-12,25H,1-2H3,(H,24,26). The minimum Gasteiger partial charge on any atom is -0.322 e. The molecule has 0 saturated carbocycles.